The molecule has 1 aromatic rings. The van der Waals surface area contributed by atoms with Crippen LogP contribution in [-0.4, -0.2) is 21.0 Å². The van der Waals surface area contributed by atoms with Gasteiger partial charge in [0.05, 0.1) is 0 Å². The number of aryl methyl sites for hydroxylation is 1. The molecule has 62 valence electrons. The lowest BCUT2D eigenvalue weighted by Gasteiger charge is -1.91. The van der Waals surface area contributed by atoms with Crippen molar-refractivity contribution in [1.29, 1.82) is 0 Å². The van der Waals surface area contributed by atoms with E-state index in [1.807, 2.05) is 0 Å². The zero-order valence-electron chi connectivity index (χ0n) is 6.56. The maximum absolute atomic E-state index is 10.1. The molecule has 0 saturated carbocycles. The third-order valence-electron chi connectivity index (χ3n) is 1.22. The topological polar surface area (TPSA) is 63.1 Å². The Balaban J connectivity index is 2.77. The first kappa shape index (κ1) is 8.39. The van der Waals surface area contributed by atoms with Crippen LogP contribution in [0.1, 0.15) is 11.4 Å². The van der Waals surface area contributed by atoms with Gasteiger partial charge in [-0.3, -0.25) is 0 Å². The minimum Gasteiger partial charge on any atom is -0.478 e. The average molecular weight is 164 g/mol. The van der Waals surface area contributed by atoms with Crippen LogP contribution >= 0.6 is 0 Å². The number of carbonyl (C=O) groups is 1. The Morgan fingerprint density at radius 3 is 2.58 bits per heavy atom. The van der Waals surface area contributed by atoms with Crippen molar-refractivity contribution in [2.24, 2.45) is 0 Å². The summed E-state index contributed by atoms with van der Waals surface area (Å²) in [6, 6.07) is 0. The van der Waals surface area contributed by atoms with E-state index in [0.29, 0.717) is 11.4 Å². The van der Waals surface area contributed by atoms with Gasteiger partial charge in [-0.1, -0.05) is 0 Å². The van der Waals surface area contributed by atoms with Crippen LogP contribution in [0, 0.1) is 6.92 Å². The minimum absolute atomic E-state index is 0.669. The molecule has 4 heteroatoms. The van der Waals surface area contributed by atoms with Gasteiger partial charge in [-0.2, -0.15) is 0 Å². The number of hydrogen-bond donors (Lipinski definition) is 1. The van der Waals surface area contributed by atoms with E-state index < -0.39 is 5.97 Å². The van der Waals surface area contributed by atoms with Gasteiger partial charge < -0.3 is 5.11 Å². The van der Waals surface area contributed by atoms with Crippen LogP contribution in [-0.2, 0) is 4.79 Å². The first-order valence-corrected chi connectivity index (χ1v) is 3.38. The summed E-state index contributed by atoms with van der Waals surface area (Å²) in [6.07, 6.45) is 5.64. The second-order valence-corrected chi connectivity index (χ2v) is 2.24. The van der Waals surface area contributed by atoms with Crippen molar-refractivity contribution >= 4 is 12.0 Å². The highest BCUT2D eigenvalue weighted by Crippen LogP contribution is 1.97. The molecule has 0 unspecified atom stereocenters. The number of hydrogen-bond acceptors (Lipinski definition) is 3. The Morgan fingerprint density at radius 2 is 2.08 bits per heavy atom. The number of aliphatic carboxylic acids is 1. The Labute approximate surface area is 69.6 Å². The molecule has 0 aliphatic heterocycles. The molecule has 0 aromatic carbocycles. The predicted molar refractivity (Wildman–Crippen MR) is 43.4 cm³/mol. The molecule has 1 heterocycles. The van der Waals surface area contributed by atoms with Crippen LogP contribution in [0.2, 0.25) is 0 Å². The van der Waals surface area contributed by atoms with Crippen molar-refractivity contribution < 1.29 is 9.90 Å². The van der Waals surface area contributed by atoms with Gasteiger partial charge in [-0.25, -0.2) is 14.8 Å². The maximum atomic E-state index is 10.1. The van der Waals surface area contributed by atoms with E-state index >= 15 is 0 Å². The predicted octanol–water partition coefficient (Wildman–Crippen LogP) is 0.883. The second kappa shape index (κ2) is 3.61. The molecule has 0 amide bonds. The standard InChI is InChI=1S/C8H8N2O2/c1-6-9-4-7(5-10-6)2-3-8(11)12/h2-5H,1H3,(H,11,12)/b3-2+. The highest BCUT2D eigenvalue weighted by molar-refractivity contribution is 5.85. The minimum atomic E-state index is -0.976. The van der Waals surface area contributed by atoms with Gasteiger partial charge in [0.2, 0.25) is 0 Å². The van der Waals surface area contributed by atoms with Gasteiger partial charge in [0.15, 0.2) is 0 Å². The number of rotatable bonds is 2. The van der Waals surface area contributed by atoms with Crippen LogP contribution in [0.3, 0.4) is 0 Å². The number of carboxylic acids is 1. The van der Waals surface area contributed by atoms with Crippen molar-refractivity contribution in [1.82, 2.24) is 9.97 Å². The summed E-state index contributed by atoms with van der Waals surface area (Å²) in [7, 11) is 0. The van der Waals surface area contributed by atoms with Gasteiger partial charge in [-0.05, 0) is 13.0 Å². The van der Waals surface area contributed by atoms with Crippen molar-refractivity contribution in [3.05, 3.63) is 29.9 Å². The molecule has 0 aliphatic rings. The molecule has 0 spiro atoms. The number of nitrogens with zero attached hydrogens (tertiary/aromatic N) is 2. The molecule has 0 fully saturated rings. The third kappa shape index (κ3) is 2.49. The molecule has 4 nitrogen and oxygen atoms in total. The lowest BCUT2D eigenvalue weighted by Crippen LogP contribution is -1.88. The molecule has 1 aromatic heterocycles. The molecular weight excluding hydrogens is 156 g/mol. The lowest BCUT2D eigenvalue weighted by atomic mass is 10.3. The Kier molecular flexibility index (Phi) is 2.53. The smallest absolute Gasteiger partial charge is 0.328 e. The Bertz CT molecular complexity index is 303. The average Bonchev–Trinajstić information content (AvgIpc) is 2.03. The van der Waals surface area contributed by atoms with Gasteiger partial charge in [0.1, 0.15) is 5.82 Å². The quantitative estimate of drug-likeness (QED) is 0.659. The van der Waals surface area contributed by atoms with Crippen LogP contribution in [0.4, 0.5) is 0 Å². The molecule has 0 saturated heterocycles. The van der Waals surface area contributed by atoms with E-state index in [2.05, 4.69) is 9.97 Å². The van der Waals surface area contributed by atoms with Crippen molar-refractivity contribution in [3.63, 3.8) is 0 Å². The van der Waals surface area contributed by atoms with Crippen molar-refractivity contribution in [3.8, 4) is 0 Å². The zero-order valence-corrected chi connectivity index (χ0v) is 6.56. The Morgan fingerprint density at radius 1 is 1.50 bits per heavy atom. The first-order valence-electron chi connectivity index (χ1n) is 3.38. The van der Waals surface area contributed by atoms with Crippen LogP contribution in [0.15, 0.2) is 18.5 Å². The molecule has 1 N–H and O–H groups in total. The summed E-state index contributed by atoms with van der Waals surface area (Å²) >= 11 is 0. The molecule has 0 radical (unpaired) electrons. The van der Waals surface area contributed by atoms with Crippen LogP contribution in [0.5, 0.6) is 0 Å². The third-order valence-corrected chi connectivity index (χ3v) is 1.22. The maximum Gasteiger partial charge on any atom is 0.328 e. The van der Waals surface area contributed by atoms with Gasteiger partial charge >= 0.3 is 5.97 Å². The molecule has 0 aliphatic carbocycles. The molecule has 12 heavy (non-hydrogen) atoms. The fourth-order valence-corrected chi connectivity index (χ4v) is 0.656. The van der Waals surface area contributed by atoms with E-state index in [4.69, 9.17) is 5.11 Å². The van der Waals surface area contributed by atoms with Crippen LogP contribution < -0.4 is 0 Å². The fraction of sp³-hybridized carbons (Fsp3) is 0.125. The summed E-state index contributed by atoms with van der Waals surface area (Å²) in [5.41, 5.74) is 0.683. The van der Waals surface area contributed by atoms with Gasteiger partial charge in [0, 0.05) is 24.0 Å². The largest absolute Gasteiger partial charge is 0.478 e. The molecular formula is C8H8N2O2. The normalized spacial score (nSPS) is 10.4. The van der Waals surface area contributed by atoms with E-state index in [9.17, 15) is 4.79 Å². The summed E-state index contributed by atoms with van der Waals surface area (Å²) in [4.78, 5) is 17.9. The van der Waals surface area contributed by atoms with Crippen molar-refractivity contribution in [2.45, 2.75) is 6.92 Å². The molecule has 1 rings (SSSR count). The van der Waals surface area contributed by atoms with Gasteiger partial charge in [0.25, 0.3) is 0 Å². The molecule has 0 atom stereocenters. The lowest BCUT2D eigenvalue weighted by molar-refractivity contribution is -0.131. The Hall–Kier alpha value is -1.71. The van der Waals surface area contributed by atoms with Gasteiger partial charge in [-0.15, -0.1) is 0 Å². The zero-order chi connectivity index (χ0) is 8.97. The molecule has 0 bridgehead atoms. The SMILES string of the molecule is Cc1ncc(/C=C/C(=O)O)cn1. The summed E-state index contributed by atoms with van der Waals surface area (Å²) in [5.74, 6) is -0.307. The van der Waals surface area contributed by atoms with Crippen molar-refractivity contribution in [2.75, 3.05) is 0 Å². The van der Waals surface area contributed by atoms with E-state index in [0.717, 1.165) is 6.08 Å². The van der Waals surface area contributed by atoms with E-state index in [1.54, 1.807) is 19.3 Å². The van der Waals surface area contributed by atoms with E-state index in [-0.39, 0.29) is 0 Å². The highest BCUT2D eigenvalue weighted by atomic mass is 16.4. The number of carboxylic acid groups (broad SMARTS) is 1. The summed E-state index contributed by atoms with van der Waals surface area (Å²) in [6.45, 7) is 1.77. The monoisotopic (exact) mass is 164 g/mol. The first-order chi connectivity index (χ1) is 5.68. The fourth-order valence-electron chi connectivity index (χ4n) is 0.656. The summed E-state index contributed by atoms with van der Waals surface area (Å²) in [5, 5.41) is 8.30. The second-order valence-electron chi connectivity index (χ2n) is 2.24. The van der Waals surface area contributed by atoms with Crippen LogP contribution in [0.25, 0.3) is 6.08 Å². The highest BCUT2D eigenvalue weighted by Gasteiger charge is 1.90. The number of aromatic nitrogens is 2. The summed E-state index contributed by atoms with van der Waals surface area (Å²) < 4.78 is 0. The van der Waals surface area contributed by atoms with E-state index in [1.165, 1.54) is 6.08 Å².